The first kappa shape index (κ1) is 13.0. The van der Waals surface area contributed by atoms with Crippen LogP contribution in [0.4, 0.5) is 0 Å². The monoisotopic (exact) mass is 227 g/mol. The highest BCUT2D eigenvalue weighted by Gasteiger charge is 2.20. The second-order valence-corrected chi connectivity index (χ2v) is 4.13. The van der Waals surface area contributed by atoms with Gasteiger partial charge in [0, 0.05) is 33.1 Å². The van der Waals surface area contributed by atoms with Crippen LogP contribution in [0.3, 0.4) is 0 Å². The average Bonchev–Trinajstić information content (AvgIpc) is 2.27. The molecule has 92 valence electrons. The van der Waals surface area contributed by atoms with E-state index in [4.69, 9.17) is 0 Å². The summed E-state index contributed by atoms with van der Waals surface area (Å²) < 4.78 is 0. The van der Waals surface area contributed by atoms with E-state index in [-0.39, 0.29) is 18.4 Å². The number of nitrogens with one attached hydrogen (secondary N) is 1. The SMILES string of the molecule is CCCN1CCN(C(=O)CNC(C)=O)CC1. The van der Waals surface area contributed by atoms with Crippen molar-refractivity contribution in [3.63, 3.8) is 0 Å². The second-order valence-electron chi connectivity index (χ2n) is 4.13. The van der Waals surface area contributed by atoms with Crippen LogP contribution < -0.4 is 5.32 Å². The van der Waals surface area contributed by atoms with Gasteiger partial charge in [-0.2, -0.15) is 0 Å². The summed E-state index contributed by atoms with van der Waals surface area (Å²) in [6, 6.07) is 0. The van der Waals surface area contributed by atoms with Gasteiger partial charge in [-0.1, -0.05) is 6.92 Å². The molecule has 1 saturated heterocycles. The molecule has 1 aliphatic heterocycles. The third-order valence-corrected chi connectivity index (χ3v) is 2.75. The summed E-state index contributed by atoms with van der Waals surface area (Å²) in [4.78, 5) is 26.5. The lowest BCUT2D eigenvalue weighted by Crippen LogP contribution is -2.51. The molecule has 1 heterocycles. The number of nitrogens with zero attached hydrogens (tertiary/aromatic N) is 2. The average molecular weight is 227 g/mol. The molecular weight excluding hydrogens is 206 g/mol. The molecule has 0 spiro atoms. The molecule has 16 heavy (non-hydrogen) atoms. The maximum absolute atomic E-state index is 11.7. The maximum atomic E-state index is 11.7. The van der Waals surface area contributed by atoms with Crippen LogP contribution in [0, 0.1) is 0 Å². The summed E-state index contributed by atoms with van der Waals surface area (Å²) in [6.07, 6.45) is 1.15. The molecule has 0 atom stereocenters. The van der Waals surface area contributed by atoms with Crippen LogP contribution in [0.15, 0.2) is 0 Å². The molecule has 0 bridgehead atoms. The molecule has 2 amide bonds. The second kappa shape index (κ2) is 6.48. The topological polar surface area (TPSA) is 52.6 Å². The van der Waals surface area contributed by atoms with Crippen molar-refractivity contribution in [2.75, 3.05) is 39.3 Å². The molecule has 0 radical (unpaired) electrons. The number of rotatable bonds is 4. The summed E-state index contributed by atoms with van der Waals surface area (Å²) in [5, 5.41) is 2.54. The van der Waals surface area contributed by atoms with Crippen LogP contribution in [0.25, 0.3) is 0 Å². The third kappa shape index (κ3) is 4.18. The van der Waals surface area contributed by atoms with Gasteiger partial charge in [0.1, 0.15) is 0 Å². The highest BCUT2D eigenvalue weighted by atomic mass is 16.2. The van der Waals surface area contributed by atoms with Gasteiger partial charge in [0.25, 0.3) is 0 Å². The molecule has 1 fully saturated rings. The third-order valence-electron chi connectivity index (χ3n) is 2.75. The van der Waals surface area contributed by atoms with Crippen molar-refractivity contribution in [2.24, 2.45) is 0 Å². The van der Waals surface area contributed by atoms with Crippen LogP contribution in [-0.2, 0) is 9.59 Å². The number of piperazine rings is 1. The van der Waals surface area contributed by atoms with Gasteiger partial charge in [-0.25, -0.2) is 0 Å². The van der Waals surface area contributed by atoms with Gasteiger partial charge in [0.15, 0.2) is 0 Å². The number of hydrogen-bond donors (Lipinski definition) is 1. The van der Waals surface area contributed by atoms with Gasteiger partial charge in [-0.3, -0.25) is 14.5 Å². The predicted octanol–water partition coefficient (Wildman–Crippen LogP) is -0.323. The molecule has 5 nitrogen and oxygen atoms in total. The van der Waals surface area contributed by atoms with Gasteiger partial charge in [0.05, 0.1) is 6.54 Å². The molecule has 1 aliphatic rings. The molecule has 0 aromatic rings. The van der Waals surface area contributed by atoms with Crippen molar-refractivity contribution in [1.29, 1.82) is 0 Å². The Labute approximate surface area is 96.8 Å². The quantitative estimate of drug-likeness (QED) is 0.716. The Kier molecular flexibility index (Phi) is 5.25. The first-order chi connectivity index (χ1) is 7.63. The van der Waals surface area contributed by atoms with Crippen molar-refractivity contribution < 1.29 is 9.59 Å². The van der Waals surface area contributed by atoms with Gasteiger partial charge >= 0.3 is 0 Å². The fraction of sp³-hybridized carbons (Fsp3) is 0.818. The molecule has 5 heteroatoms. The summed E-state index contributed by atoms with van der Waals surface area (Å²) >= 11 is 0. The van der Waals surface area contributed by atoms with E-state index in [2.05, 4.69) is 17.1 Å². The zero-order valence-electron chi connectivity index (χ0n) is 10.2. The van der Waals surface area contributed by atoms with E-state index in [1.54, 1.807) is 0 Å². The Bertz CT molecular complexity index is 248. The number of amides is 2. The van der Waals surface area contributed by atoms with E-state index in [0.29, 0.717) is 0 Å². The fourth-order valence-electron chi connectivity index (χ4n) is 1.85. The zero-order valence-corrected chi connectivity index (χ0v) is 10.2. The highest BCUT2D eigenvalue weighted by molar-refractivity contribution is 5.83. The summed E-state index contributed by atoms with van der Waals surface area (Å²) in [5.41, 5.74) is 0. The van der Waals surface area contributed by atoms with Crippen LogP contribution in [0.1, 0.15) is 20.3 Å². The lowest BCUT2D eigenvalue weighted by Gasteiger charge is -2.34. The number of hydrogen-bond acceptors (Lipinski definition) is 3. The van der Waals surface area contributed by atoms with E-state index in [0.717, 1.165) is 39.1 Å². The number of carbonyl (C=O) groups is 2. The van der Waals surface area contributed by atoms with Gasteiger partial charge in [-0.15, -0.1) is 0 Å². The molecule has 0 aromatic heterocycles. The van der Waals surface area contributed by atoms with E-state index in [1.807, 2.05) is 4.90 Å². The van der Waals surface area contributed by atoms with Crippen LogP contribution in [0.5, 0.6) is 0 Å². The van der Waals surface area contributed by atoms with Gasteiger partial charge in [-0.05, 0) is 13.0 Å². The molecule has 0 unspecified atom stereocenters. The molecule has 0 aliphatic carbocycles. The van der Waals surface area contributed by atoms with Crippen LogP contribution in [-0.4, -0.2) is 60.9 Å². The van der Waals surface area contributed by atoms with Crippen molar-refractivity contribution in [3.05, 3.63) is 0 Å². The maximum Gasteiger partial charge on any atom is 0.242 e. The Morgan fingerprint density at radius 2 is 1.81 bits per heavy atom. The predicted molar refractivity (Wildman–Crippen MR) is 62.0 cm³/mol. The standard InChI is InChI=1S/C11H21N3O2/c1-3-4-13-5-7-14(8-6-13)11(16)9-12-10(2)15/h3-9H2,1-2H3,(H,12,15). The molecule has 1 N–H and O–H groups in total. The first-order valence-electron chi connectivity index (χ1n) is 5.88. The lowest BCUT2D eigenvalue weighted by atomic mass is 10.3. The van der Waals surface area contributed by atoms with E-state index >= 15 is 0 Å². The van der Waals surface area contributed by atoms with E-state index in [1.165, 1.54) is 6.92 Å². The highest BCUT2D eigenvalue weighted by Crippen LogP contribution is 2.02. The Morgan fingerprint density at radius 1 is 1.19 bits per heavy atom. The van der Waals surface area contributed by atoms with E-state index < -0.39 is 0 Å². The van der Waals surface area contributed by atoms with Crippen molar-refractivity contribution in [2.45, 2.75) is 20.3 Å². The Hall–Kier alpha value is -1.10. The van der Waals surface area contributed by atoms with Crippen molar-refractivity contribution in [3.8, 4) is 0 Å². The van der Waals surface area contributed by atoms with Crippen molar-refractivity contribution in [1.82, 2.24) is 15.1 Å². The van der Waals surface area contributed by atoms with Crippen LogP contribution in [0.2, 0.25) is 0 Å². The minimum Gasteiger partial charge on any atom is -0.347 e. The molecular formula is C11H21N3O2. The fourth-order valence-corrected chi connectivity index (χ4v) is 1.85. The van der Waals surface area contributed by atoms with Crippen molar-refractivity contribution >= 4 is 11.8 Å². The van der Waals surface area contributed by atoms with E-state index in [9.17, 15) is 9.59 Å². The van der Waals surface area contributed by atoms with Crippen LogP contribution >= 0.6 is 0 Å². The minimum atomic E-state index is -0.155. The normalized spacial score (nSPS) is 17.2. The molecule has 0 aromatic carbocycles. The number of carbonyl (C=O) groups excluding carboxylic acids is 2. The molecule has 1 rings (SSSR count). The summed E-state index contributed by atoms with van der Waals surface area (Å²) in [5.74, 6) is -0.135. The minimum absolute atomic E-state index is 0.0198. The van der Waals surface area contributed by atoms with Gasteiger partial charge < -0.3 is 10.2 Å². The largest absolute Gasteiger partial charge is 0.347 e. The summed E-state index contributed by atoms with van der Waals surface area (Å²) in [7, 11) is 0. The lowest BCUT2D eigenvalue weighted by molar-refractivity contribution is -0.134. The first-order valence-corrected chi connectivity index (χ1v) is 5.88. The Balaban J connectivity index is 2.24. The Morgan fingerprint density at radius 3 is 2.31 bits per heavy atom. The molecule has 0 saturated carbocycles. The zero-order chi connectivity index (χ0) is 12.0. The smallest absolute Gasteiger partial charge is 0.242 e. The van der Waals surface area contributed by atoms with Gasteiger partial charge in [0.2, 0.25) is 11.8 Å². The summed E-state index contributed by atoms with van der Waals surface area (Å²) in [6.45, 7) is 8.26.